The highest BCUT2D eigenvalue weighted by Gasteiger charge is 2.26. The number of fused-ring (bicyclic) bond motifs is 1. The molecule has 1 aromatic rings. The Bertz CT molecular complexity index is 654. The van der Waals surface area contributed by atoms with Gasteiger partial charge in [-0.2, -0.15) is 5.26 Å². The van der Waals surface area contributed by atoms with Crippen LogP contribution < -0.4 is 15.4 Å². The fourth-order valence-corrected chi connectivity index (χ4v) is 2.86. The van der Waals surface area contributed by atoms with Gasteiger partial charge in [0.1, 0.15) is 11.9 Å². The molecule has 114 valence electrons. The van der Waals surface area contributed by atoms with E-state index in [1.807, 2.05) is 13.0 Å². The van der Waals surface area contributed by atoms with Crippen LogP contribution in [0.2, 0.25) is 0 Å². The lowest BCUT2D eigenvalue weighted by molar-refractivity contribution is -0.119. The van der Waals surface area contributed by atoms with E-state index in [0.29, 0.717) is 16.9 Å². The molecule has 2 N–H and O–H groups in total. The Hall–Kier alpha value is -2.32. The molecule has 3 rings (SSSR count). The number of nitrogens with one attached hydrogen (secondary N) is 2. The van der Waals surface area contributed by atoms with Crippen LogP contribution in [-0.2, 0) is 4.79 Å². The second kappa shape index (κ2) is 6.20. The smallest absolute Gasteiger partial charge is 0.251 e. The number of carbonyl (C=O) groups excluding carboxylic acids is 1. The first-order chi connectivity index (χ1) is 10.7. The predicted molar refractivity (Wildman–Crippen MR) is 83.3 cm³/mol. The fraction of sp³-hybridized carbons (Fsp3) is 0.412. The van der Waals surface area contributed by atoms with E-state index < -0.39 is 0 Å². The normalized spacial score (nSPS) is 21.1. The molecule has 1 atom stereocenters. The van der Waals surface area contributed by atoms with Crippen LogP contribution in [0.3, 0.4) is 0 Å². The van der Waals surface area contributed by atoms with Gasteiger partial charge in [-0.15, -0.1) is 0 Å². The van der Waals surface area contributed by atoms with E-state index in [1.165, 1.54) is 0 Å². The van der Waals surface area contributed by atoms with Crippen LogP contribution in [-0.4, -0.2) is 31.1 Å². The van der Waals surface area contributed by atoms with Gasteiger partial charge in [-0.1, -0.05) is 0 Å². The maximum Gasteiger partial charge on any atom is 0.251 e. The molecule has 1 fully saturated rings. The van der Waals surface area contributed by atoms with Crippen LogP contribution in [0.5, 0.6) is 5.75 Å². The molecular weight excluding hydrogens is 278 g/mol. The number of nitriles is 1. The lowest BCUT2D eigenvalue weighted by atomic mass is 9.99. The van der Waals surface area contributed by atoms with Crippen molar-refractivity contribution >= 4 is 12.0 Å². The summed E-state index contributed by atoms with van der Waals surface area (Å²) >= 11 is 0. The number of amides is 1. The molecular formula is C17H19N3O2. The summed E-state index contributed by atoms with van der Waals surface area (Å²) in [6.45, 7) is 3.74. The van der Waals surface area contributed by atoms with E-state index in [9.17, 15) is 4.79 Å². The Morgan fingerprint density at radius 2 is 2.18 bits per heavy atom. The van der Waals surface area contributed by atoms with E-state index >= 15 is 0 Å². The van der Waals surface area contributed by atoms with Crippen molar-refractivity contribution in [2.45, 2.75) is 31.9 Å². The first-order valence-corrected chi connectivity index (χ1v) is 7.61. The summed E-state index contributed by atoms with van der Waals surface area (Å²) in [4.78, 5) is 12.5. The van der Waals surface area contributed by atoms with E-state index in [1.54, 1.807) is 18.2 Å². The van der Waals surface area contributed by atoms with E-state index in [0.717, 1.165) is 31.5 Å². The van der Waals surface area contributed by atoms with Gasteiger partial charge in [0, 0.05) is 11.6 Å². The van der Waals surface area contributed by atoms with Crippen molar-refractivity contribution in [1.29, 1.82) is 5.26 Å². The maximum absolute atomic E-state index is 12.5. The number of ether oxygens (including phenoxy) is 1. The lowest BCUT2D eigenvalue weighted by Crippen LogP contribution is -2.44. The minimum atomic E-state index is -0.290. The van der Waals surface area contributed by atoms with Gasteiger partial charge < -0.3 is 15.4 Å². The molecule has 2 aliphatic rings. The Morgan fingerprint density at radius 3 is 2.91 bits per heavy atom. The van der Waals surface area contributed by atoms with Crippen LogP contribution in [0, 0.1) is 11.3 Å². The third-order valence-electron chi connectivity index (χ3n) is 4.13. The number of carbonyl (C=O) groups is 1. The highest BCUT2D eigenvalue weighted by molar-refractivity contribution is 6.00. The Morgan fingerprint density at radius 1 is 1.41 bits per heavy atom. The summed E-state index contributed by atoms with van der Waals surface area (Å²) in [5, 5.41) is 15.4. The van der Waals surface area contributed by atoms with Crippen molar-refractivity contribution in [1.82, 2.24) is 10.6 Å². The number of hydrogen-bond acceptors (Lipinski definition) is 4. The molecule has 0 bridgehead atoms. The second-order valence-corrected chi connectivity index (χ2v) is 5.72. The third kappa shape index (κ3) is 2.97. The van der Waals surface area contributed by atoms with Crippen LogP contribution in [0.15, 0.2) is 23.8 Å². The van der Waals surface area contributed by atoms with Crippen LogP contribution >= 0.6 is 0 Å². The molecule has 22 heavy (non-hydrogen) atoms. The summed E-state index contributed by atoms with van der Waals surface area (Å²) in [6, 6.07) is 7.57. The summed E-state index contributed by atoms with van der Waals surface area (Å²) in [7, 11) is 0. The van der Waals surface area contributed by atoms with Gasteiger partial charge in [0.15, 0.2) is 0 Å². The third-order valence-corrected chi connectivity index (χ3v) is 4.13. The van der Waals surface area contributed by atoms with Gasteiger partial charge in [0.25, 0.3) is 5.91 Å². The average Bonchev–Trinajstić information content (AvgIpc) is 2.54. The second-order valence-electron chi connectivity index (χ2n) is 5.72. The summed E-state index contributed by atoms with van der Waals surface area (Å²) in [5.41, 5.74) is 1.96. The topological polar surface area (TPSA) is 74.1 Å². The van der Waals surface area contributed by atoms with E-state index in [2.05, 4.69) is 16.7 Å². The summed E-state index contributed by atoms with van der Waals surface area (Å²) in [5.74, 6) is 0.636. The fourth-order valence-electron chi connectivity index (χ4n) is 2.86. The molecule has 0 saturated carbocycles. The standard InChI is InChI=1S/C17H19N3O2/c1-11-15(17(21)20-14-4-6-19-7-5-14)9-13-8-12(10-18)2-3-16(13)22-11/h2-3,8-9,11,14,19H,4-7H2,1H3,(H,20,21). The molecule has 1 aromatic carbocycles. The van der Waals surface area contributed by atoms with Crippen molar-refractivity contribution in [3.8, 4) is 11.8 Å². The zero-order valence-electron chi connectivity index (χ0n) is 12.6. The van der Waals surface area contributed by atoms with Crippen molar-refractivity contribution in [2.75, 3.05) is 13.1 Å². The van der Waals surface area contributed by atoms with Gasteiger partial charge in [0.05, 0.1) is 17.2 Å². The van der Waals surface area contributed by atoms with Crippen molar-refractivity contribution in [3.05, 3.63) is 34.9 Å². The van der Waals surface area contributed by atoms with Gasteiger partial charge in [0.2, 0.25) is 0 Å². The maximum atomic E-state index is 12.5. The largest absolute Gasteiger partial charge is 0.485 e. The minimum absolute atomic E-state index is 0.0765. The average molecular weight is 297 g/mol. The molecule has 1 saturated heterocycles. The molecule has 1 unspecified atom stereocenters. The molecule has 5 nitrogen and oxygen atoms in total. The van der Waals surface area contributed by atoms with Crippen molar-refractivity contribution in [2.24, 2.45) is 0 Å². The lowest BCUT2D eigenvalue weighted by Gasteiger charge is -2.27. The minimum Gasteiger partial charge on any atom is -0.485 e. The Labute approximate surface area is 130 Å². The van der Waals surface area contributed by atoms with Gasteiger partial charge in [-0.25, -0.2) is 0 Å². The van der Waals surface area contributed by atoms with Gasteiger partial charge >= 0.3 is 0 Å². The highest BCUT2D eigenvalue weighted by atomic mass is 16.5. The van der Waals surface area contributed by atoms with Crippen molar-refractivity contribution < 1.29 is 9.53 Å². The summed E-state index contributed by atoms with van der Waals surface area (Å²) in [6.07, 6.45) is 3.44. The number of benzene rings is 1. The van der Waals surface area contributed by atoms with Gasteiger partial charge in [-0.05, 0) is 57.1 Å². The SMILES string of the molecule is CC1Oc2ccc(C#N)cc2C=C1C(=O)NC1CCNCC1. The zero-order chi connectivity index (χ0) is 15.5. The van der Waals surface area contributed by atoms with E-state index in [-0.39, 0.29) is 18.1 Å². The monoisotopic (exact) mass is 297 g/mol. The Kier molecular flexibility index (Phi) is 4.12. The molecule has 2 heterocycles. The Balaban J connectivity index is 1.80. The zero-order valence-corrected chi connectivity index (χ0v) is 12.6. The van der Waals surface area contributed by atoms with E-state index in [4.69, 9.17) is 10.00 Å². The molecule has 0 spiro atoms. The van der Waals surface area contributed by atoms with Crippen LogP contribution in [0.4, 0.5) is 0 Å². The molecule has 1 amide bonds. The first kappa shape index (κ1) is 14.6. The number of hydrogen-bond donors (Lipinski definition) is 2. The van der Waals surface area contributed by atoms with Crippen LogP contribution in [0.1, 0.15) is 30.9 Å². The molecule has 0 aromatic heterocycles. The van der Waals surface area contributed by atoms with Crippen LogP contribution in [0.25, 0.3) is 6.08 Å². The van der Waals surface area contributed by atoms with Crippen molar-refractivity contribution in [3.63, 3.8) is 0 Å². The molecule has 0 radical (unpaired) electrons. The number of nitrogens with zero attached hydrogens (tertiary/aromatic N) is 1. The quantitative estimate of drug-likeness (QED) is 0.869. The molecule has 0 aliphatic carbocycles. The number of rotatable bonds is 2. The number of piperidine rings is 1. The molecule has 2 aliphatic heterocycles. The highest BCUT2D eigenvalue weighted by Crippen LogP contribution is 2.30. The predicted octanol–water partition coefficient (Wildman–Crippen LogP) is 1.59. The first-order valence-electron chi connectivity index (χ1n) is 7.61. The summed E-state index contributed by atoms with van der Waals surface area (Å²) < 4.78 is 5.80. The molecule has 5 heteroatoms. The van der Waals surface area contributed by atoms with Gasteiger partial charge in [-0.3, -0.25) is 4.79 Å².